The van der Waals surface area contributed by atoms with E-state index in [1.54, 1.807) is 0 Å². The molecule has 13 nitrogen and oxygen atoms in total. The van der Waals surface area contributed by atoms with Gasteiger partial charge in [-0.1, -0.05) is 0 Å². The van der Waals surface area contributed by atoms with Crippen molar-refractivity contribution in [2.75, 3.05) is 12.3 Å². The predicted octanol–water partition coefficient (Wildman–Crippen LogP) is -2.53. The van der Waals surface area contributed by atoms with Crippen LogP contribution in [0.5, 0.6) is 0 Å². The van der Waals surface area contributed by atoms with E-state index in [1.807, 2.05) is 0 Å². The number of aromatic amines is 1. The Kier molecular flexibility index (Phi) is 5.79. The normalized spacial score (nSPS) is 27.0. The van der Waals surface area contributed by atoms with E-state index < -0.39 is 39.0 Å². The summed E-state index contributed by atoms with van der Waals surface area (Å²) < 4.78 is 18.9. The molecule has 24 heavy (non-hydrogen) atoms. The summed E-state index contributed by atoms with van der Waals surface area (Å²) in [6.07, 6.45) is -2.74. The van der Waals surface area contributed by atoms with Crippen LogP contribution in [0.15, 0.2) is 12.7 Å². The first kappa shape index (κ1) is 18.6. The number of imidazole rings is 1. The van der Waals surface area contributed by atoms with Gasteiger partial charge in [0.2, 0.25) is 0 Å². The predicted molar refractivity (Wildman–Crippen MR) is 77.0 cm³/mol. The molecule has 1 aliphatic rings. The first-order valence-electron chi connectivity index (χ1n) is 6.48. The number of ether oxygens (including phenoxy) is 1. The second-order valence-electron chi connectivity index (χ2n) is 4.69. The molecule has 14 heteroatoms. The van der Waals surface area contributed by atoms with Crippen molar-refractivity contribution in [3.8, 4) is 0 Å². The zero-order valence-corrected chi connectivity index (χ0v) is 12.9. The van der Waals surface area contributed by atoms with Gasteiger partial charge in [0.15, 0.2) is 17.8 Å². The minimum Gasteiger partial charge on any atom is -0.387 e. The molecule has 0 spiro atoms. The van der Waals surface area contributed by atoms with Crippen molar-refractivity contribution in [2.45, 2.75) is 24.6 Å². The van der Waals surface area contributed by atoms with Gasteiger partial charge in [0.05, 0.1) is 12.9 Å². The molecule has 1 unspecified atom stereocenters. The molecule has 8 N–H and O–H groups in total. The lowest BCUT2D eigenvalue weighted by Crippen LogP contribution is -2.34. The van der Waals surface area contributed by atoms with Gasteiger partial charge >= 0.3 is 7.82 Å². The Hall–Kier alpha value is -1.70. The number of hydrogen-bond donors (Lipinski definition) is 7. The second-order valence-corrected chi connectivity index (χ2v) is 5.93. The van der Waals surface area contributed by atoms with Crippen molar-refractivity contribution in [1.82, 2.24) is 19.9 Å². The Labute approximate surface area is 134 Å². The Bertz CT molecular complexity index is 722. The average Bonchev–Trinajstić information content (AvgIpc) is 3.07. The number of nitrogens with zero attached hydrogens (tertiary/aromatic N) is 3. The van der Waals surface area contributed by atoms with Crippen molar-refractivity contribution in [2.24, 2.45) is 0 Å². The number of nitrogens with one attached hydrogen (secondary N) is 1. The first-order chi connectivity index (χ1) is 11.2. The van der Waals surface area contributed by atoms with Gasteiger partial charge in [-0.05, 0) is 0 Å². The third-order valence-electron chi connectivity index (χ3n) is 3.00. The number of aliphatic hydroxyl groups excluding tert-OH is 3. The van der Waals surface area contributed by atoms with Gasteiger partial charge in [0.25, 0.3) is 0 Å². The lowest BCUT2D eigenvalue weighted by molar-refractivity contribution is -0.132. The molecule has 134 valence electrons. The van der Waals surface area contributed by atoms with Crippen molar-refractivity contribution in [1.29, 1.82) is 0 Å². The smallest absolute Gasteiger partial charge is 0.387 e. The number of aliphatic hydroxyl groups is 3. The number of aromatic nitrogens is 4. The maximum atomic E-state index is 10.3. The summed E-state index contributed by atoms with van der Waals surface area (Å²) in [5.74, 6) is 0.433. The van der Waals surface area contributed by atoms with Crippen LogP contribution in [0.2, 0.25) is 0 Å². The highest BCUT2D eigenvalue weighted by molar-refractivity contribution is 7.46. The van der Waals surface area contributed by atoms with Crippen LogP contribution in [0.3, 0.4) is 0 Å². The number of rotatable bonds is 3. The number of H-pyrrole nitrogens is 1. The van der Waals surface area contributed by atoms with E-state index in [0.717, 1.165) is 0 Å². The van der Waals surface area contributed by atoms with Gasteiger partial charge < -0.3 is 40.6 Å². The van der Waals surface area contributed by atoms with Gasteiger partial charge in [-0.25, -0.2) is 19.5 Å². The van der Waals surface area contributed by atoms with E-state index >= 15 is 0 Å². The zero-order chi connectivity index (χ0) is 17.9. The molecule has 0 saturated carbocycles. The lowest BCUT2D eigenvalue weighted by atomic mass is 10.1. The maximum Gasteiger partial charge on any atom is 0.469 e. The topological polar surface area (TPSA) is 217 Å². The third kappa shape index (κ3) is 4.66. The number of hydrogen-bond acceptors (Lipinski definition) is 10. The molecular formula is C10H16N5O8P. The van der Waals surface area contributed by atoms with Gasteiger partial charge in [0.1, 0.15) is 30.2 Å². The van der Waals surface area contributed by atoms with Gasteiger partial charge in [-0.15, -0.1) is 0 Å². The van der Waals surface area contributed by atoms with Gasteiger partial charge in [0, 0.05) is 0 Å². The fraction of sp³-hybridized carbons (Fsp3) is 0.500. The van der Waals surface area contributed by atoms with E-state index in [9.17, 15) is 4.57 Å². The van der Waals surface area contributed by atoms with Crippen LogP contribution in [0.4, 0.5) is 5.82 Å². The van der Waals surface area contributed by atoms with E-state index in [1.165, 1.54) is 12.7 Å². The Morgan fingerprint density at radius 3 is 2.50 bits per heavy atom. The quantitative estimate of drug-likeness (QED) is 0.280. The van der Waals surface area contributed by atoms with Crippen LogP contribution in [0.25, 0.3) is 11.2 Å². The molecule has 0 aromatic carbocycles. The minimum atomic E-state index is -4.64. The number of nitrogen functional groups attached to an aromatic ring is 1. The van der Waals surface area contributed by atoms with Gasteiger partial charge in [-0.2, -0.15) is 0 Å². The van der Waals surface area contributed by atoms with Crippen LogP contribution >= 0.6 is 7.82 Å². The number of phosphoric acid groups is 1. The van der Waals surface area contributed by atoms with E-state index in [0.29, 0.717) is 17.0 Å². The molecule has 0 bridgehead atoms. The van der Waals surface area contributed by atoms with Crippen molar-refractivity contribution in [3.05, 3.63) is 12.7 Å². The van der Waals surface area contributed by atoms with Crippen LogP contribution in [0.1, 0.15) is 0 Å². The fourth-order valence-electron chi connectivity index (χ4n) is 1.82. The molecule has 1 aliphatic heterocycles. The van der Waals surface area contributed by atoms with E-state index in [4.69, 9.17) is 30.8 Å². The summed E-state index contributed by atoms with van der Waals surface area (Å²) in [5.41, 5.74) is 6.78. The average molecular weight is 365 g/mol. The molecule has 3 rings (SSSR count). The zero-order valence-electron chi connectivity index (χ0n) is 12.0. The number of nitrogens with two attached hydrogens (primary N) is 1. The lowest BCUT2D eigenvalue weighted by Gasteiger charge is -2.14. The minimum absolute atomic E-state index is 0.433. The molecule has 0 aliphatic carbocycles. The maximum absolute atomic E-state index is 10.3. The molecule has 3 heterocycles. The second kappa shape index (κ2) is 7.46. The molecule has 2 aromatic heterocycles. The van der Waals surface area contributed by atoms with Crippen LogP contribution in [0, 0.1) is 0 Å². The summed E-state index contributed by atoms with van der Waals surface area (Å²) in [6, 6.07) is 0. The largest absolute Gasteiger partial charge is 0.469 e. The number of phosphoric ester groups is 1. The first-order valence-corrected chi connectivity index (χ1v) is 8.01. The summed E-state index contributed by atoms with van der Waals surface area (Å²) >= 11 is 0. The molecule has 1 fully saturated rings. The summed E-state index contributed by atoms with van der Waals surface area (Å²) in [6.45, 7) is -0.612. The fourth-order valence-corrected chi connectivity index (χ4v) is 2.16. The molecule has 0 amide bonds. The number of fused-ring (bicyclic) bond motifs is 1. The van der Waals surface area contributed by atoms with Crippen molar-refractivity contribution < 1.29 is 38.9 Å². The summed E-state index contributed by atoms with van der Waals surface area (Å²) in [7, 11) is -4.64. The third-order valence-corrected chi connectivity index (χ3v) is 3.48. The van der Waals surface area contributed by atoms with Crippen molar-refractivity contribution >= 4 is 24.8 Å². The standard InChI is InChI=1S/C5H5N5.C5H11O8P/c6-4-3-5(9-1-7-3)10-2-8-4;6-3-2(1-12-14(9,10)11)13-5(8)4(3)7/h1-2H,(H3,6,7,8,9,10);2-8H,1H2,(H2,9,10,11)/t;2-,3-,4+,5?/m.1/s1. The Balaban J connectivity index is 0.000000182. The Morgan fingerprint density at radius 1 is 1.25 bits per heavy atom. The highest BCUT2D eigenvalue weighted by atomic mass is 31.2. The van der Waals surface area contributed by atoms with E-state index in [-0.39, 0.29) is 0 Å². The molecular weight excluding hydrogens is 349 g/mol. The highest BCUT2D eigenvalue weighted by Gasteiger charge is 2.42. The van der Waals surface area contributed by atoms with Crippen LogP contribution < -0.4 is 5.73 Å². The van der Waals surface area contributed by atoms with Gasteiger partial charge in [-0.3, -0.25) is 4.52 Å². The Morgan fingerprint density at radius 2 is 1.96 bits per heavy atom. The molecule has 0 radical (unpaired) electrons. The highest BCUT2D eigenvalue weighted by Crippen LogP contribution is 2.36. The summed E-state index contributed by atoms with van der Waals surface area (Å²) in [5, 5.41) is 27.0. The monoisotopic (exact) mass is 365 g/mol. The molecule has 2 aromatic rings. The van der Waals surface area contributed by atoms with Crippen LogP contribution in [-0.2, 0) is 13.8 Å². The summed E-state index contributed by atoms with van der Waals surface area (Å²) in [4.78, 5) is 31.0. The molecule has 4 atom stereocenters. The van der Waals surface area contributed by atoms with E-state index in [2.05, 4.69) is 29.2 Å². The number of anilines is 1. The van der Waals surface area contributed by atoms with Crippen molar-refractivity contribution in [3.63, 3.8) is 0 Å². The SMILES string of the molecule is Nc1ncnc2nc[nH]c12.O=P(O)(O)OC[C@H]1OC(O)[C@@H](O)[C@@H]1O. The molecule has 1 saturated heterocycles. The van der Waals surface area contributed by atoms with Crippen LogP contribution in [-0.4, -0.2) is 76.3 Å².